The fourth-order valence-corrected chi connectivity index (χ4v) is 5.25. The molecule has 27 heavy (non-hydrogen) atoms. The Bertz CT molecular complexity index is 602. The minimum atomic E-state index is 0.726. The summed E-state index contributed by atoms with van der Waals surface area (Å²) in [6.45, 7) is 13.1. The summed E-state index contributed by atoms with van der Waals surface area (Å²) in [4.78, 5) is 7.71. The molecule has 0 radical (unpaired) electrons. The smallest absolute Gasteiger partial charge is 0.0402 e. The second kappa shape index (κ2) is 8.93. The molecule has 0 amide bonds. The Morgan fingerprint density at radius 1 is 1.15 bits per heavy atom. The van der Waals surface area contributed by atoms with Gasteiger partial charge >= 0.3 is 0 Å². The first-order valence-corrected chi connectivity index (χ1v) is 11.2. The van der Waals surface area contributed by atoms with Gasteiger partial charge in [-0.2, -0.15) is 0 Å². The van der Waals surface area contributed by atoms with Crippen LogP contribution >= 0.6 is 0 Å². The van der Waals surface area contributed by atoms with Gasteiger partial charge in [0.05, 0.1) is 0 Å². The fourth-order valence-electron chi connectivity index (χ4n) is 5.25. The molecule has 4 nitrogen and oxygen atoms in total. The van der Waals surface area contributed by atoms with Crippen molar-refractivity contribution in [2.45, 2.75) is 45.1 Å². The predicted octanol–water partition coefficient (Wildman–Crippen LogP) is 3.14. The van der Waals surface area contributed by atoms with Gasteiger partial charge in [0.25, 0.3) is 0 Å². The Labute approximate surface area is 165 Å². The molecule has 0 bridgehead atoms. The standard InChI is InChI=1S/C23H38N4/c1-3-9-27-18-21(14-19-5-4-8-24-16-19)22-15-20(6-7-23(22)27)17-26-12-10-25(2)11-13-26/h6-7,15,19,21,24H,3-5,8-14,16-18H2,1-2H3. The van der Waals surface area contributed by atoms with Gasteiger partial charge < -0.3 is 15.1 Å². The molecule has 3 aliphatic rings. The minimum Gasteiger partial charge on any atom is -0.371 e. The third kappa shape index (κ3) is 4.67. The monoisotopic (exact) mass is 370 g/mol. The van der Waals surface area contributed by atoms with Crippen LogP contribution in [-0.4, -0.2) is 69.2 Å². The maximum absolute atomic E-state index is 3.61. The molecule has 0 aromatic heterocycles. The van der Waals surface area contributed by atoms with Crippen LogP contribution in [0.1, 0.15) is 49.7 Å². The van der Waals surface area contributed by atoms with E-state index in [2.05, 4.69) is 52.2 Å². The number of hydrogen-bond acceptors (Lipinski definition) is 4. The van der Waals surface area contributed by atoms with E-state index in [1.807, 2.05) is 0 Å². The van der Waals surface area contributed by atoms with Gasteiger partial charge in [0.15, 0.2) is 0 Å². The van der Waals surface area contributed by atoms with Crippen molar-refractivity contribution in [2.75, 3.05) is 64.3 Å². The van der Waals surface area contributed by atoms with Crippen LogP contribution in [0, 0.1) is 5.92 Å². The van der Waals surface area contributed by atoms with E-state index in [0.29, 0.717) is 0 Å². The molecule has 0 aliphatic carbocycles. The van der Waals surface area contributed by atoms with E-state index >= 15 is 0 Å². The van der Waals surface area contributed by atoms with E-state index in [0.717, 1.165) is 18.4 Å². The number of piperazine rings is 1. The van der Waals surface area contributed by atoms with Crippen molar-refractivity contribution in [1.82, 2.24) is 15.1 Å². The number of likely N-dealkylation sites (N-methyl/N-ethyl adjacent to an activating group) is 1. The van der Waals surface area contributed by atoms with Gasteiger partial charge in [-0.15, -0.1) is 0 Å². The second-order valence-corrected chi connectivity index (χ2v) is 9.06. The molecule has 1 N–H and O–H groups in total. The van der Waals surface area contributed by atoms with Crippen LogP contribution in [0.3, 0.4) is 0 Å². The average molecular weight is 371 g/mol. The van der Waals surface area contributed by atoms with Gasteiger partial charge in [-0.05, 0) is 68.9 Å². The molecule has 150 valence electrons. The number of piperidine rings is 1. The van der Waals surface area contributed by atoms with Crippen LogP contribution in [0.15, 0.2) is 18.2 Å². The lowest BCUT2D eigenvalue weighted by Crippen LogP contribution is -2.43. The van der Waals surface area contributed by atoms with Crippen molar-refractivity contribution < 1.29 is 0 Å². The van der Waals surface area contributed by atoms with Crippen molar-refractivity contribution in [3.8, 4) is 0 Å². The Balaban J connectivity index is 1.47. The summed E-state index contributed by atoms with van der Waals surface area (Å²) >= 11 is 0. The highest BCUT2D eigenvalue weighted by Crippen LogP contribution is 2.41. The lowest BCUT2D eigenvalue weighted by atomic mass is 9.86. The third-order valence-corrected chi connectivity index (χ3v) is 6.83. The third-order valence-electron chi connectivity index (χ3n) is 6.83. The molecule has 0 saturated carbocycles. The zero-order valence-electron chi connectivity index (χ0n) is 17.4. The highest BCUT2D eigenvalue weighted by atomic mass is 15.2. The van der Waals surface area contributed by atoms with Crippen molar-refractivity contribution in [3.05, 3.63) is 29.3 Å². The quantitative estimate of drug-likeness (QED) is 0.830. The van der Waals surface area contributed by atoms with Crippen LogP contribution in [0.4, 0.5) is 5.69 Å². The Kier molecular flexibility index (Phi) is 6.36. The van der Waals surface area contributed by atoms with Crippen LogP contribution in [0.5, 0.6) is 0 Å². The summed E-state index contributed by atoms with van der Waals surface area (Å²) in [5.74, 6) is 1.59. The van der Waals surface area contributed by atoms with Crippen LogP contribution in [-0.2, 0) is 6.54 Å². The maximum atomic E-state index is 3.61. The van der Waals surface area contributed by atoms with Crippen molar-refractivity contribution in [3.63, 3.8) is 0 Å². The fraction of sp³-hybridized carbons (Fsp3) is 0.739. The number of nitrogens with one attached hydrogen (secondary N) is 1. The van der Waals surface area contributed by atoms with Crippen molar-refractivity contribution in [2.24, 2.45) is 5.92 Å². The van der Waals surface area contributed by atoms with E-state index in [1.54, 1.807) is 5.56 Å². The summed E-state index contributed by atoms with van der Waals surface area (Å²) in [7, 11) is 2.24. The maximum Gasteiger partial charge on any atom is 0.0402 e. The van der Waals surface area contributed by atoms with E-state index in [-0.39, 0.29) is 0 Å². The van der Waals surface area contributed by atoms with Gasteiger partial charge in [0.2, 0.25) is 0 Å². The molecule has 1 aromatic rings. The number of fused-ring (bicyclic) bond motifs is 1. The number of benzene rings is 1. The number of anilines is 1. The molecule has 1 aromatic carbocycles. The topological polar surface area (TPSA) is 21.8 Å². The van der Waals surface area contributed by atoms with E-state index < -0.39 is 0 Å². The van der Waals surface area contributed by atoms with Gasteiger partial charge in [-0.1, -0.05) is 19.1 Å². The lowest BCUT2D eigenvalue weighted by Gasteiger charge is -2.32. The number of rotatable bonds is 6. The average Bonchev–Trinajstić information content (AvgIpc) is 3.02. The molecule has 3 heterocycles. The molecule has 2 unspecified atom stereocenters. The number of nitrogens with zero attached hydrogens (tertiary/aromatic N) is 3. The molecule has 4 rings (SSSR count). The summed E-state index contributed by atoms with van der Waals surface area (Å²) in [5, 5.41) is 3.61. The normalized spacial score (nSPS) is 27.1. The largest absolute Gasteiger partial charge is 0.371 e. The first kappa shape index (κ1) is 19.2. The van der Waals surface area contributed by atoms with Gasteiger partial charge in [-0.3, -0.25) is 4.90 Å². The first-order chi connectivity index (χ1) is 13.2. The molecule has 4 heteroatoms. The second-order valence-electron chi connectivity index (χ2n) is 9.06. The minimum absolute atomic E-state index is 0.726. The highest BCUT2D eigenvalue weighted by molar-refractivity contribution is 5.61. The highest BCUT2D eigenvalue weighted by Gasteiger charge is 2.31. The Morgan fingerprint density at radius 2 is 2.00 bits per heavy atom. The van der Waals surface area contributed by atoms with Crippen LogP contribution in [0.25, 0.3) is 0 Å². The molecule has 2 fully saturated rings. The van der Waals surface area contributed by atoms with E-state index in [1.165, 1.54) is 89.3 Å². The molecular formula is C23H38N4. The summed E-state index contributed by atoms with van der Waals surface area (Å²) in [6.07, 6.45) is 5.36. The summed E-state index contributed by atoms with van der Waals surface area (Å²) < 4.78 is 0. The first-order valence-electron chi connectivity index (χ1n) is 11.2. The zero-order chi connectivity index (χ0) is 18.6. The van der Waals surface area contributed by atoms with Crippen LogP contribution < -0.4 is 10.2 Å². The summed E-state index contributed by atoms with van der Waals surface area (Å²) in [5.41, 5.74) is 4.68. The van der Waals surface area contributed by atoms with Crippen molar-refractivity contribution >= 4 is 5.69 Å². The summed E-state index contributed by atoms with van der Waals surface area (Å²) in [6, 6.07) is 7.38. The molecule has 0 spiro atoms. The molecule has 3 aliphatic heterocycles. The lowest BCUT2D eigenvalue weighted by molar-refractivity contribution is 0.148. The van der Waals surface area contributed by atoms with Crippen molar-refractivity contribution in [1.29, 1.82) is 0 Å². The van der Waals surface area contributed by atoms with E-state index in [4.69, 9.17) is 0 Å². The van der Waals surface area contributed by atoms with Gasteiger partial charge in [0, 0.05) is 57.4 Å². The van der Waals surface area contributed by atoms with Gasteiger partial charge in [0.1, 0.15) is 0 Å². The molecule has 2 atom stereocenters. The molecule has 2 saturated heterocycles. The van der Waals surface area contributed by atoms with E-state index in [9.17, 15) is 0 Å². The molecular weight excluding hydrogens is 332 g/mol. The number of hydrogen-bond donors (Lipinski definition) is 1. The SMILES string of the molecule is CCCN1CC(CC2CCCNC2)c2cc(CN3CCN(C)CC3)ccc21. The zero-order valence-corrected chi connectivity index (χ0v) is 17.4. The van der Waals surface area contributed by atoms with Gasteiger partial charge in [-0.25, -0.2) is 0 Å². The Hall–Kier alpha value is -1.10. The Morgan fingerprint density at radius 3 is 2.74 bits per heavy atom. The van der Waals surface area contributed by atoms with Crippen LogP contribution in [0.2, 0.25) is 0 Å². The predicted molar refractivity (Wildman–Crippen MR) is 115 cm³/mol.